The van der Waals surface area contributed by atoms with Gasteiger partial charge in [0.05, 0.1) is 7.11 Å². The van der Waals surface area contributed by atoms with Gasteiger partial charge in [-0.05, 0) is 41.2 Å². The minimum atomic E-state index is -1.35. The van der Waals surface area contributed by atoms with E-state index in [1.807, 2.05) is 0 Å². The van der Waals surface area contributed by atoms with E-state index in [1.165, 1.54) is 19.2 Å². The summed E-state index contributed by atoms with van der Waals surface area (Å²) in [4.78, 5) is 34.0. The summed E-state index contributed by atoms with van der Waals surface area (Å²) in [5.41, 5.74) is 0.815. The largest absolute Gasteiger partial charge is 0.496 e. The second-order valence-electron chi connectivity index (χ2n) is 5.53. The Morgan fingerprint density at radius 2 is 1.81 bits per heavy atom. The monoisotopic (exact) mass is 410 g/mol. The van der Waals surface area contributed by atoms with E-state index in [0.29, 0.717) is 17.2 Å². The fourth-order valence-corrected chi connectivity index (χ4v) is 5.18. The van der Waals surface area contributed by atoms with Crippen molar-refractivity contribution in [2.45, 2.75) is 12.8 Å². The molecule has 9 heteroatoms. The molecule has 1 saturated heterocycles. The van der Waals surface area contributed by atoms with Gasteiger partial charge in [0.25, 0.3) is 0 Å². The molecule has 1 fully saturated rings. The third-order valence-corrected chi connectivity index (χ3v) is 6.43. The molecular weight excluding hydrogens is 392 g/mol. The fourth-order valence-electron chi connectivity index (χ4n) is 2.49. The second kappa shape index (κ2) is 9.52. The summed E-state index contributed by atoms with van der Waals surface area (Å²) in [6.07, 6.45) is 1.55. The van der Waals surface area contributed by atoms with Gasteiger partial charge >= 0.3 is 17.9 Å². The lowest BCUT2D eigenvalue weighted by atomic mass is 9.97. The van der Waals surface area contributed by atoms with Gasteiger partial charge in [-0.3, -0.25) is 0 Å². The summed E-state index contributed by atoms with van der Waals surface area (Å²) >= 11 is 3.12. The average molecular weight is 410 g/mol. The first-order valence-electron chi connectivity index (χ1n) is 7.90. The van der Waals surface area contributed by atoms with E-state index >= 15 is 0 Å². The van der Waals surface area contributed by atoms with Crippen LogP contribution in [0.2, 0.25) is 0 Å². The Hall–Kier alpha value is -2.39. The number of aliphatic carboxylic acids is 2. The molecule has 0 amide bonds. The quantitative estimate of drug-likeness (QED) is 0.580. The number of allylic oxidation sites excluding steroid dienone is 1. The molecule has 0 radical (unpaired) electrons. The summed E-state index contributed by atoms with van der Waals surface area (Å²) in [6.45, 7) is 0. The number of thioether (sulfide) groups is 2. The third kappa shape index (κ3) is 5.54. The Labute approximate surface area is 164 Å². The maximum Gasteiger partial charge on any atom is 0.339 e. The molecule has 3 N–H and O–H groups in total. The Morgan fingerprint density at radius 1 is 1.15 bits per heavy atom. The highest BCUT2D eigenvalue weighted by Gasteiger charge is 2.21. The van der Waals surface area contributed by atoms with E-state index in [2.05, 4.69) is 0 Å². The molecule has 2 rings (SSSR count). The lowest BCUT2D eigenvalue weighted by Gasteiger charge is -2.19. The van der Waals surface area contributed by atoms with Crippen molar-refractivity contribution in [2.24, 2.45) is 0 Å². The molecule has 0 aliphatic carbocycles. The summed E-state index contributed by atoms with van der Waals surface area (Å²) in [5.74, 6) is -1.92. The number of benzene rings is 1. The normalized spacial score (nSPS) is 14.6. The summed E-state index contributed by atoms with van der Waals surface area (Å²) in [7, 11) is 1.37. The highest BCUT2D eigenvalue weighted by atomic mass is 32.2. The first kappa shape index (κ1) is 20.9. The third-order valence-electron chi connectivity index (χ3n) is 3.72. The predicted octanol–water partition coefficient (Wildman–Crippen LogP) is 3.42. The highest BCUT2D eigenvalue weighted by molar-refractivity contribution is 8.23. The van der Waals surface area contributed by atoms with Crippen LogP contribution in [0.25, 0.3) is 5.57 Å². The number of hydrogen-bond acceptors (Lipinski definition) is 6. The van der Waals surface area contributed by atoms with Crippen LogP contribution in [0.15, 0.2) is 34.1 Å². The zero-order chi connectivity index (χ0) is 20.0. The van der Waals surface area contributed by atoms with Crippen LogP contribution in [0.5, 0.6) is 5.75 Å². The van der Waals surface area contributed by atoms with Gasteiger partial charge in [0.2, 0.25) is 0 Å². The first-order chi connectivity index (χ1) is 12.8. The van der Waals surface area contributed by atoms with E-state index in [9.17, 15) is 24.6 Å². The number of carbonyl (C=O) groups is 3. The predicted molar refractivity (Wildman–Crippen MR) is 104 cm³/mol. The molecular formula is C18H18O7S2. The maximum absolute atomic E-state index is 11.5. The van der Waals surface area contributed by atoms with Crippen molar-refractivity contribution < 1.29 is 34.4 Å². The van der Waals surface area contributed by atoms with Crippen LogP contribution in [0.3, 0.4) is 0 Å². The van der Waals surface area contributed by atoms with Crippen LogP contribution in [0.1, 0.15) is 28.8 Å². The minimum Gasteiger partial charge on any atom is -0.496 e. The van der Waals surface area contributed by atoms with Gasteiger partial charge in [-0.1, -0.05) is 6.07 Å². The summed E-state index contributed by atoms with van der Waals surface area (Å²) < 4.78 is 5.94. The maximum atomic E-state index is 11.5. The minimum absolute atomic E-state index is 0.0435. The molecule has 1 heterocycles. The number of hydrogen-bond donors (Lipinski definition) is 3. The van der Waals surface area contributed by atoms with Crippen molar-refractivity contribution in [3.63, 3.8) is 0 Å². The van der Waals surface area contributed by atoms with Crippen molar-refractivity contribution in [2.75, 3.05) is 18.6 Å². The lowest BCUT2D eigenvalue weighted by Crippen LogP contribution is -2.07. The van der Waals surface area contributed by atoms with E-state index in [0.717, 1.165) is 22.2 Å². The van der Waals surface area contributed by atoms with Gasteiger partial charge in [-0.2, -0.15) is 0 Å². The van der Waals surface area contributed by atoms with Gasteiger partial charge in [-0.15, -0.1) is 23.5 Å². The standard InChI is InChI=1S/C18H18O7S2/c1-25-14-4-3-10(7-13(14)17(23)24)12(18-26-5-2-6-27-18)8-11(16(21)22)9-15(19)20/h3-4,7,9H,2,5-6,8H2,1H3,(H,19,20)(H,21,22)(H,23,24)/b11-9+. The lowest BCUT2D eigenvalue weighted by molar-refractivity contribution is -0.135. The van der Waals surface area contributed by atoms with Crippen LogP contribution in [0.4, 0.5) is 0 Å². The van der Waals surface area contributed by atoms with Crippen LogP contribution < -0.4 is 4.74 Å². The van der Waals surface area contributed by atoms with Gasteiger partial charge in [0, 0.05) is 22.3 Å². The van der Waals surface area contributed by atoms with Crippen LogP contribution in [0, 0.1) is 0 Å². The Balaban J connectivity index is 2.57. The molecule has 1 aromatic carbocycles. The van der Waals surface area contributed by atoms with Crippen LogP contribution in [-0.2, 0) is 9.59 Å². The van der Waals surface area contributed by atoms with E-state index in [4.69, 9.17) is 9.84 Å². The van der Waals surface area contributed by atoms with Crippen molar-refractivity contribution in [1.29, 1.82) is 0 Å². The first-order valence-corrected chi connectivity index (χ1v) is 9.87. The molecule has 1 aliphatic rings. The van der Waals surface area contributed by atoms with Crippen molar-refractivity contribution >= 4 is 47.0 Å². The van der Waals surface area contributed by atoms with Crippen molar-refractivity contribution in [3.05, 3.63) is 45.2 Å². The Morgan fingerprint density at radius 3 is 2.33 bits per heavy atom. The number of carboxylic acid groups (broad SMARTS) is 3. The number of ether oxygens (including phenoxy) is 1. The van der Waals surface area contributed by atoms with E-state index in [-0.39, 0.29) is 23.3 Å². The number of methoxy groups -OCH3 is 1. The van der Waals surface area contributed by atoms with Gasteiger partial charge in [-0.25, -0.2) is 14.4 Å². The van der Waals surface area contributed by atoms with E-state index in [1.54, 1.807) is 29.6 Å². The summed E-state index contributed by atoms with van der Waals surface area (Å²) in [6, 6.07) is 4.60. The van der Waals surface area contributed by atoms with Gasteiger partial charge in [0.1, 0.15) is 11.3 Å². The Bertz CT molecular complexity index is 819. The SMILES string of the molecule is COc1ccc(C(C/C(=C\C(=O)O)C(=O)O)=C2SCCCS2)cc1C(=O)O. The van der Waals surface area contributed by atoms with Gasteiger partial charge in [0.15, 0.2) is 0 Å². The molecule has 1 aromatic rings. The zero-order valence-electron chi connectivity index (χ0n) is 14.4. The van der Waals surface area contributed by atoms with Crippen molar-refractivity contribution in [3.8, 4) is 5.75 Å². The smallest absolute Gasteiger partial charge is 0.339 e. The number of rotatable bonds is 7. The summed E-state index contributed by atoms with van der Waals surface area (Å²) in [5, 5.41) is 27.7. The topological polar surface area (TPSA) is 121 Å². The average Bonchev–Trinajstić information content (AvgIpc) is 2.64. The highest BCUT2D eigenvalue weighted by Crippen LogP contribution is 2.43. The molecule has 1 aliphatic heterocycles. The van der Waals surface area contributed by atoms with Crippen LogP contribution >= 0.6 is 23.5 Å². The molecule has 0 atom stereocenters. The molecule has 144 valence electrons. The molecule has 0 spiro atoms. The molecule has 0 saturated carbocycles. The zero-order valence-corrected chi connectivity index (χ0v) is 16.1. The molecule has 27 heavy (non-hydrogen) atoms. The number of carboxylic acids is 3. The van der Waals surface area contributed by atoms with E-state index < -0.39 is 17.9 Å². The number of aromatic carboxylic acids is 1. The molecule has 7 nitrogen and oxygen atoms in total. The second-order valence-corrected chi connectivity index (χ2v) is 8.00. The van der Waals surface area contributed by atoms with Gasteiger partial charge < -0.3 is 20.1 Å². The van der Waals surface area contributed by atoms with Crippen LogP contribution in [-0.4, -0.2) is 51.8 Å². The fraction of sp³-hybridized carbons (Fsp3) is 0.278. The molecule has 0 unspecified atom stereocenters. The van der Waals surface area contributed by atoms with Crippen molar-refractivity contribution in [1.82, 2.24) is 0 Å². The molecule has 0 aromatic heterocycles. The Kier molecular flexibility index (Phi) is 7.37. The molecule has 0 bridgehead atoms.